The summed E-state index contributed by atoms with van der Waals surface area (Å²) >= 11 is 0. The van der Waals surface area contributed by atoms with Crippen LogP contribution in [0.5, 0.6) is 0 Å². The molecule has 3 heteroatoms. The molecule has 0 atom stereocenters. The summed E-state index contributed by atoms with van der Waals surface area (Å²) in [4.78, 5) is 8.45. The van der Waals surface area contributed by atoms with Crippen LogP contribution in [0.4, 0.5) is 0 Å². The fraction of sp³-hybridized carbons (Fsp3) is 0. The van der Waals surface area contributed by atoms with Gasteiger partial charge in [0.15, 0.2) is 0 Å². The number of rotatable bonds is 6. The van der Waals surface area contributed by atoms with Crippen LogP contribution in [-0.2, 0) is 0 Å². The van der Waals surface area contributed by atoms with Crippen molar-refractivity contribution in [2.24, 2.45) is 0 Å². The van der Waals surface area contributed by atoms with Crippen molar-refractivity contribution in [3.05, 3.63) is 193 Å². The van der Waals surface area contributed by atoms with E-state index in [9.17, 15) is 15.1 Å². The van der Waals surface area contributed by atoms with Gasteiger partial charge in [0.2, 0.25) is 0 Å². The van der Waals surface area contributed by atoms with Crippen molar-refractivity contribution in [1.82, 2.24) is 9.97 Å². The maximum Gasteiger partial charge on any atom is 0.143 e. The first-order chi connectivity index (χ1) is 39.6. The second kappa shape index (κ2) is 12.9. The average Bonchev–Trinajstić information content (AvgIpc) is 2.51. The Balaban J connectivity index is 1.44. The number of fused-ring (bicyclic) bond motifs is 4. The summed E-state index contributed by atoms with van der Waals surface area (Å²) in [6, 6.07) is -32.4. The smallest absolute Gasteiger partial charge is 0.143 e. The molecule has 0 radical (unpaired) electrons. The van der Waals surface area contributed by atoms with Gasteiger partial charge in [-0.05, 0) is 51.2 Å². The lowest BCUT2D eigenvalue weighted by molar-refractivity contribution is 0.599. The van der Waals surface area contributed by atoms with Crippen molar-refractivity contribution in [3.8, 4) is 67.3 Å². The Morgan fingerprint density at radius 1 is 0.396 bits per heavy atom. The standard InChI is InChI=1S/C50H32N2O/c1-4-14-33(15-5-1)45-46(34-16-6-2-7-17-34)50(53-49(45)37-18-8-3-9-19-37)39-21-12-20-38(32-39)40-28-29-43(42-24-11-10-23-41(40)42)44-30-27-36-26-25-35-22-13-31-51-47(35)48(36)52-44/h1-32H/i1D,2D,3D,4D,5D,6D,7D,8D,9D,10D,11D,12D,13D,14D,15D,16D,17D,18D,19D,20D,21D,22D,23D,24D,25D,26D,27D,28D,29D,30D,31D,32D. The van der Waals surface area contributed by atoms with Gasteiger partial charge in [-0.15, -0.1) is 0 Å². The zero-order valence-electron chi connectivity index (χ0n) is 58.3. The molecule has 3 heterocycles. The average molecular weight is 709 g/mol. The highest BCUT2D eigenvalue weighted by Crippen LogP contribution is 2.49. The molecular formula is C50H32N2O. The number of nitrogens with zero attached hydrogens (tertiary/aromatic N) is 2. The molecule has 248 valence electrons. The molecule has 0 aliphatic heterocycles. The second-order valence-electron chi connectivity index (χ2n) is 10.9. The van der Waals surface area contributed by atoms with Gasteiger partial charge in [0.25, 0.3) is 0 Å². The number of benzene rings is 7. The molecule has 7 aromatic carbocycles. The van der Waals surface area contributed by atoms with Gasteiger partial charge >= 0.3 is 0 Å². The third kappa shape index (κ3) is 5.38. The molecule has 0 bridgehead atoms. The lowest BCUT2D eigenvalue weighted by Crippen LogP contribution is -1.91. The van der Waals surface area contributed by atoms with E-state index in [1.165, 1.54) is 0 Å². The van der Waals surface area contributed by atoms with E-state index >= 15 is 0 Å². The first kappa shape index (κ1) is 12.3. The molecule has 0 aliphatic rings. The van der Waals surface area contributed by atoms with E-state index in [2.05, 4.69) is 9.97 Å². The molecule has 0 saturated carbocycles. The quantitative estimate of drug-likeness (QED) is 0.161. The van der Waals surface area contributed by atoms with E-state index < -0.39 is 293 Å². The van der Waals surface area contributed by atoms with Crippen molar-refractivity contribution in [2.75, 3.05) is 0 Å². The summed E-state index contributed by atoms with van der Waals surface area (Å²) in [6.07, 6.45) is -0.811. The van der Waals surface area contributed by atoms with Crippen molar-refractivity contribution < 1.29 is 48.3 Å². The Kier molecular flexibility index (Phi) is 2.98. The fourth-order valence-electron chi connectivity index (χ4n) is 5.69. The Morgan fingerprint density at radius 2 is 0.925 bits per heavy atom. The highest BCUT2D eigenvalue weighted by atomic mass is 16.3. The second-order valence-corrected chi connectivity index (χ2v) is 10.9. The van der Waals surface area contributed by atoms with Crippen molar-refractivity contribution in [3.63, 3.8) is 0 Å². The highest BCUT2D eigenvalue weighted by Gasteiger charge is 2.25. The van der Waals surface area contributed by atoms with Gasteiger partial charge in [-0.2, -0.15) is 0 Å². The molecule has 0 N–H and O–H groups in total. The number of aromatic nitrogens is 2. The van der Waals surface area contributed by atoms with E-state index in [0.717, 1.165) is 0 Å². The molecule has 10 aromatic rings. The van der Waals surface area contributed by atoms with Gasteiger partial charge in [0.05, 0.1) is 60.6 Å². The number of furan rings is 1. The minimum Gasteiger partial charge on any atom is -0.455 e. The summed E-state index contributed by atoms with van der Waals surface area (Å²) in [5.41, 5.74) is -10.6. The Labute approximate surface area is 352 Å². The topological polar surface area (TPSA) is 38.9 Å². The van der Waals surface area contributed by atoms with Gasteiger partial charge in [-0.3, -0.25) is 4.98 Å². The fourth-order valence-corrected chi connectivity index (χ4v) is 5.69. The number of hydrogen-bond donors (Lipinski definition) is 0. The molecule has 3 nitrogen and oxygen atoms in total. The summed E-state index contributed by atoms with van der Waals surface area (Å²) in [5.74, 6) is -2.20. The minimum absolute atomic E-state index is 0.485. The van der Waals surface area contributed by atoms with Crippen LogP contribution in [0.1, 0.15) is 43.9 Å². The van der Waals surface area contributed by atoms with Gasteiger partial charge in [-0.1, -0.05) is 169 Å². The number of pyridine rings is 2. The van der Waals surface area contributed by atoms with Crippen molar-refractivity contribution in [2.45, 2.75) is 0 Å². The SMILES string of the molecule is [2H]c1nc2c(c([2H])c1[2H])c([2H])c([2H])c1c([2H])c([2H])c(-c3c([2H])c([2H])c(-c4c([2H])c([2H])c([2H])c(-c5oc(-c6c([2H])c([2H])c([2H])c([2H])c6[2H])c(-c6c([2H])c([2H])c([2H])c([2H])c6[2H])c5-c5c([2H])c([2H])c([2H])c([2H])c5[2H])c4[2H])c4c([2H])c([2H])c([2H])c([2H])c34)nc12. The van der Waals surface area contributed by atoms with Crippen LogP contribution in [-0.4, -0.2) is 9.97 Å². The van der Waals surface area contributed by atoms with Crippen LogP contribution in [0, 0.1) is 0 Å². The summed E-state index contributed by atoms with van der Waals surface area (Å²) < 4.78 is 293. The van der Waals surface area contributed by atoms with Crippen molar-refractivity contribution in [1.29, 1.82) is 0 Å². The lowest BCUT2D eigenvalue weighted by Gasteiger charge is -2.13. The van der Waals surface area contributed by atoms with Gasteiger partial charge in [0, 0.05) is 44.8 Å². The van der Waals surface area contributed by atoms with E-state index in [1.807, 2.05) is 0 Å². The van der Waals surface area contributed by atoms with Crippen LogP contribution in [0.3, 0.4) is 0 Å². The maximum atomic E-state index is 10.0. The lowest BCUT2D eigenvalue weighted by atomic mass is 9.90. The maximum absolute atomic E-state index is 10.0. The molecular weight excluding hydrogens is 645 g/mol. The summed E-state index contributed by atoms with van der Waals surface area (Å²) in [7, 11) is 0. The molecule has 0 spiro atoms. The molecule has 10 rings (SSSR count). The molecule has 53 heavy (non-hydrogen) atoms. The molecule has 0 amide bonds. The minimum atomic E-state index is -1.26. The Bertz CT molecular complexity index is 4720. The first-order valence-electron chi connectivity index (χ1n) is 31.3. The van der Waals surface area contributed by atoms with E-state index in [-0.39, 0.29) is 0 Å². The third-order valence-electron chi connectivity index (χ3n) is 7.93. The predicted molar refractivity (Wildman–Crippen MR) is 219 cm³/mol. The number of hydrogen-bond acceptors (Lipinski definition) is 3. The van der Waals surface area contributed by atoms with E-state index in [1.54, 1.807) is 0 Å². The van der Waals surface area contributed by atoms with Gasteiger partial charge in [0.1, 0.15) is 11.5 Å². The monoisotopic (exact) mass is 708 g/mol. The van der Waals surface area contributed by atoms with Crippen molar-refractivity contribution >= 4 is 32.6 Å². The molecule has 0 aliphatic carbocycles. The van der Waals surface area contributed by atoms with Crippen LogP contribution >= 0.6 is 0 Å². The van der Waals surface area contributed by atoms with Crippen LogP contribution in [0.15, 0.2) is 198 Å². The third-order valence-corrected chi connectivity index (χ3v) is 7.93. The molecule has 0 fully saturated rings. The zero-order valence-corrected chi connectivity index (χ0v) is 26.3. The van der Waals surface area contributed by atoms with E-state index in [4.69, 9.17) is 33.2 Å². The predicted octanol–water partition coefficient (Wildman–Crippen LogP) is 13.5. The Morgan fingerprint density at radius 3 is 1.62 bits per heavy atom. The highest BCUT2D eigenvalue weighted by molar-refractivity contribution is 6.08. The normalized spacial score (nSPS) is 19.8. The molecule has 0 saturated heterocycles. The molecule has 3 aromatic heterocycles. The van der Waals surface area contributed by atoms with Crippen LogP contribution in [0.2, 0.25) is 0 Å². The largest absolute Gasteiger partial charge is 0.455 e. The molecule has 0 unspecified atom stereocenters. The first-order valence-corrected chi connectivity index (χ1v) is 15.3. The Hall–Kier alpha value is -7.10. The van der Waals surface area contributed by atoms with Crippen LogP contribution in [0.25, 0.3) is 99.9 Å². The summed E-state index contributed by atoms with van der Waals surface area (Å²) in [6.45, 7) is 0. The van der Waals surface area contributed by atoms with Crippen LogP contribution < -0.4 is 0 Å². The zero-order chi connectivity index (χ0) is 63.0. The van der Waals surface area contributed by atoms with E-state index in [0.29, 0.717) is 0 Å². The summed E-state index contributed by atoms with van der Waals surface area (Å²) in [5, 5.41) is -2.67. The van der Waals surface area contributed by atoms with Gasteiger partial charge < -0.3 is 4.42 Å². The van der Waals surface area contributed by atoms with Gasteiger partial charge in [-0.25, -0.2) is 4.98 Å².